The number of benzene rings is 1. The topological polar surface area (TPSA) is 55.4 Å². The maximum absolute atomic E-state index is 12.4. The molecule has 1 atom stereocenters. The molecular weight excluding hydrogens is 319 g/mol. The number of sulfonamides is 1. The van der Waals surface area contributed by atoms with Gasteiger partial charge < -0.3 is 4.74 Å². The summed E-state index contributed by atoms with van der Waals surface area (Å²) in [5.41, 5.74) is 0.345. The summed E-state index contributed by atoms with van der Waals surface area (Å²) < 4.78 is 67.2. The predicted molar refractivity (Wildman–Crippen MR) is 69.3 cm³/mol. The van der Waals surface area contributed by atoms with Crippen LogP contribution >= 0.6 is 11.6 Å². The molecular formula is C11H13ClF3NO3S. The Labute approximate surface area is 119 Å². The van der Waals surface area contributed by atoms with Crippen molar-refractivity contribution < 1.29 is 26.3 Å². The van der Waals surface area contributed by atoms with Crippen molar-refractivity contribution in [2.45, 2.75) is 24.9 Å². The van der Waals surface area contributed by atoms with E-state index in [0.717, 1.165) is 0 Å². The number of alkyl halides is 3. The molecule has 0 amide bonds. The molecule has 0 spiro atoms. The van der Waals surface area contributed by atoms with Gasteiger partial charge >= 0.3 is 6.18 Å². The van der Waals surface area contributed by atoms with Gasteiger partial charge in [0.25, 0.3) is 0 Å². The standard InChI is InChI=1S/C11H13ClF3NO3S/c1-7(11(13,14)15)20(17,18)16-6-8-5-9(12)3-4-10(8)19-2/h3-5,7,16H,6H2,1-2H3. The molecule has 0 aliphatic heterocycles. The van der Waals surface area contributed by atoms with Crippen LogP contribution < -0.4 is 9.46 Å². The summed E-state index contributed by atoms with van der Waals surface area (Å²) in [4.78, 5) is 0. The summed E-state index contributed by atoms with van der Waals surface area (Å²) in [6.07, 6.45) is -4.83. The third-order valence-electron chi connectivity index (χ3n) is 2.63. The van der Waals surface area contributed by atoms with Crippen molar-refractivity contribution in [2.24, 2.45) is 0 Å². The lowest BCUT2D eigenvalue weighted by Gasteiger charge is -2.17. The van der Waals surface area contributed by atoms with E-state index in [0.29, 0.717) is 23.3 Å². The van der Waals surface area contributed by atoms with E-state index in [1.54, 1.807) is 0 Å². The van der Waals surface area contributed by atoms with Crippen molar-refractivity contribution in [3.8, 4) is 5.75 Å². The third kappa shape index (κ3) is 4.26. The Hall–Kier alpha value is -0.990. The Bertz CT molecular complexity index is 575. The molecule has 0 fully saturated rings. The number of hydrogen-bond acceptors (Lipinski definition) is 3. The summed E-state index contributed by atoms with van der Waals surface area (Å²) >= 11 is 5.75. The summed E-state index contributed by atoms with van der Waals surface area (Å²) in [6.45, 7) is 0.240. The van der Waals surface area contributed by atoms with E-state index in [1.165, 1.54) is 25.3 Å². The second-order valence-corrected chi connectivity index (χ2v) is 6.53. The maximum atomic E-state index is 12.4. The first-order valence-electron chi connectivity index (χ1n) is 5.45. The summed E-state index contributed by atoms with van der Waals surface area (Å²) in [6, 6.07) is 4.44. The van der Waals surface area contributed by atoms with Crippen molar-refractivity contribution in [2.75, 3.05) is 7.11 Å². The lowest BCUT2D eigenvalue weighted by atomic mass is 10.2. The molecule has 20 heavy (non-hydrogen) atoms. The number of nitrogens with one attached hydrogen (secondary N) is 1. The zero-order chi connectivity index (χ0) is 15.6. The van der Waals surface area contributed by atoms with Crippen molar-refractivity contribution in [1.82, 2.24) is 4.72 Å². The lowest BCUT2D eigenvalue weighted by molar-refractivity contribution is -0.127. The van der Waals surface area contributed by atoms with E-state index in [1.807, 2.05) is 4.72 Å². The largest absolute Gasteiger partial charge is 0.496 e. The molecule has 4 nitrogen and oxygen atoms in total. The Balaban J connectivity index is 2.89. The van der Waals surface area contributed by atoms with Crippen molar-refractivity contribution in [3.05, 3.63) is 28.8 Å². The molecule has 1 aromatic carbocycles. The van der Waals surface area contributed by atoms with Crippen LogP contribution in [0.1, 0.15) is 12.5 Å². The van der Waals surface area contributed by atoms with Crippen molar-refractivity contribution in [1.29, 1.82) is 0 Å². The zero-order valence-electron chi connectivity index (χ0n) is 10.7. The van der Waals surface area contributed by atoms with Gasteiger partial charge in [0, 0.05) is 17.1 Å². The maximum Gasteiger partial charge on any atom is 0.406 e. The quantitative estimate of drug-likeness (QED) is 0.902. The zero-order valence-corrected chi connectivity index (χ0v) is 12.2. The molecule has 1 N–H and O–H groups in total. The fourth-order valence-electron chi connectivity index (χ4n) is 1.36. The molecule has 0 radical (unpaired) electrons. The van der Waals surface area contributed by atoms with Crippen LogP contribution in [0.25, 0.3) is 0 Å². The van der Waals surface area contributed by atoms with Crippen LogP contribution in [0.3, 0.4) is 0 Å². The molecule has 9 heteroatoms. The molecule has 114 valence electrons. The van der Waals surface area contributed by atoms with Crippen LogP contribution in [0.15, 0.2) is 18.2 Å². The Morgan fingerprint density at radius 2 is 2.00 bits per heavy atom. The molecule has 0 aliphatic rings. The van der Waals surface area contributed by atoms with Gasteiger partial charge in [0.05, 0.1) is 7.11 Å². The molecule has 1 unspecified atom stereocenters. The average molecular weight is 332 g/mol. The van der Waals surface area contributed by atoms with Crippen LogP contribution in [0, 0.1) is 0 Å². The van der Waals surface area contributed by atoms with Crippen molar-refractivity contribution in [3.63, 3.8) is 0 Å². The van der Waals surface area contributed by atoms with Gasteiger partial charge in [-0.1, -0.05) is 11.6 Å². The molecule has 1 rings (SSSR count). The average Bonchev–Trinajstić information content (AvgIpc) is 2.34. The Kier molecular flexibility index (Phi) is 5.28. The monoisotopic (exact) mass is 331 g/mol. The molecule has 0 heterocycles. The van der Waals surface area contributed by atoms with Crippen LogP contribution in [0.5, 0.6) is 5.75 Å². The first-order chi connectivity index (χ1) is 9.08. The van der Waals surface area contributed by atoms with Crippen LogP contribution in [0.4, 0.5) is 13.2 Å². The number of rotatable bonds is 5. The van der Waals surface area contributed by atoms with E-state index in [2.05, 4.69) is 0 Å². The van der Waals surface area contributed by atoms with Gasteiger partial charge in [-0.15, -0.1) is 0 Å². The number of hydrogen-bond donors (Lipinski definition) is 1. The van der Waals surface area contributed by atoms with E-state index < -0.39 is 21.4 Å². The molecule has 0 saturated heterocycles. The first kappa shape index (κ1) is 17.1. The molecule has 0 aliphatic carbocycles. The molecule has 0 bridgehead atoms. The van der Waals surface area contributed by atoms with Gasteiger partial charge in [-0.3, -0.25) is 0 Å². The minimum absolute atomic E-state index is 0.323. The summed E-state index contributed by atoms with van der Waals surface area (Å²) in [5.74, 6) is 0.330. The van der Waals surface area contributed by atoms with E-state index in [4.69, 9.17) is 16.3 Å². The highest BCUT2D eigenvalue weighted by Crippen LogP contribution is 2.26. The van der Waals surface area contributed by atoms with Crippen molar-refractivity contribution >= 4 is 21.6 Å². The highest BCUT2D eigenvalue weighted by Gasteiger charge is 2.44. The Morgan fingerprint density at radius 3 is 2.50 bits per heavy atom. The number of halogens is 4. The molecule has 1 aromatic rings. The van der Waals surface area contributed by atoms with E-state index in [9.17, 15) is 21.6 Å². The fraction of sp³-hybridized carbons (Fsp3) is 0.455. The minimum Gasteiger partial charge on any atom is -0.496 e. The van der Waals surface area contributed by atoms with Crippen LogP contribution in [0.2, 0.25) is 5.02 Å². The highest BCUT2D eigenvalue weighted by molar-refractivity contribution is 7.90. The smallest absolute Gasteiger partial charge is 0.406 e. The van der Waals surface area contributed by atoms with Crippen LogP contribution in [-0.4, -0.2) is 27.0 Å². The SMILES string of the molecule is COc1ccc(Cl)cc1CNS(=O)(=O)C(C)C(F)(F)F. The third-order valence-corrected chi connectivity index (χ3v) is 4.61. The lowest BCUT2D eigenvalue weighted by Crippen LogP contribution is -2.41. The summed E-state index contributed by atoms with van der Waals surface area (Å²) in [7, 11) is -3.17. The van der Waals surface area contributed by atoms with E-state index >= 15 is 0 Å². The first-order valence-corrected chi connectivity index (χ1v) is 7.38. The van der Waals surface area contributed by atoms with Gasteiger partial charge in [-0.05, 0) is 25.1 Å². The predicted octanol–water partition coefficient (Wildman–Crippen LogP) is 2.72. The second-order valence-electron chi connectivity index (χ2n) is 4.01. The number of methoxy groups -OCH3 is 1. The fourth-order valence-corrected chi connectivity index (χ4v) is 2.52. The second kappa shape index (κ2) is 6.19. The van der Waals surface area contributed by atoms with Gasteiger partial charge in [0.15, 0.2) is 5.25 Å². The van der Waals surface area contributed by atoms with Crippen LogP contribution in [-0.2, 0) is 16.6 Å². The molecule has 0 saturated carbocycles. The Morgan fingerprint density at radius 1 is 1.40 bits per heavy atom. The van der Waals surface area contributed by atoms with Gasteiger partial charge in [-0.25, -0.2) is 13.1 Å². The molecule has 0 aromatic heterocycles. The van der Waals surface area contributed by atoms with Gasteiger partial charge in [0.1, 0.15) is 5.75 Å². The van der Waals surface area contributed by atoms with E-state index in [-0.39, 0.29) is 6.54 Å². The number of ether oxygens (including phenoxy) is 1. The van der Waals surface area contributed by atoms with Gasteiger partial charge in [-0.2, -0.15) is 13.2 Å². The normalized spacial score (nSPS) is 14.1. The van der Waals surface area contributed by atoms with Gasteiger partial charge in [0.2, 0.25) is 10.0 Å². The highest BCUT2D eigenvalue weighted by atomic mass is 35.5. The minimum atomic E-state index is -4.83. The summed E-state index contributed by atoms with van der Waals surface area (Å²) in [5, 5.41) is -2.18.